The van der Waals surface area contributed by atoms with Crippen LogP contribution in [0.25, 0.3) is 0 Å². The molecule has 2 atom stereocenters. The number of hydrogen-bond donors (Lipinski definition) is 1. The normalized spacial score (nSPS) is 21.7. The number of carbonyl (C=O) groups is 3. The molecule has 2 aromatic rings. The Morgan fingerprint density at radius 2 is 1.97 bits per heavy atom. The molecule has 1 N–H and O–H groups in total. The highest BCUT2D eigenvalue weighted by Gasteiger charge is 2.48. The van der Waals surface area contributed by atoms with Crippen molar-refractivity contribution < 1.29 is 19.1 Å². The third-order valence-electron chi connectivity index (χ3n) is 5.73. The number of rotatable bonds is 6. The third-order valence-corrected chi connectivity index (χ3v) is 5.73. The number of nitrogens with zero attached hydrogens (tertiary/aromatic N) is 4. The molecule has 0 radical (unpaired) electrons. The van der Waals surface area contributed by atoms with Crippen molar-refractivity contribution in [1.82, 2.24) is 24.9 Å². The molecule has 2 fully saturated rings. The number of aromatic amines is 1. The van der Waals surface area contributed by atoms with Crippen molar-refractivity contribution in [3.05, 3.63) is 53.9 Å². The Morgan fingerprint density at radius 1 is 1.17 bits per heavy atom. The lowest BCUT2D eigenvalue weighted by atomic mass is 9.96. The SMILES string of the molecule is COCCN1CCN2C(=O)[C@H](Cc3ccccc3)N(C(=O)c3ccn[nH]3)C[C@H]2C1=O. The zero-order chi connectivity index (χ0) is 21.1. The molecule has 2 aliphatic heterocycles. The summed E-state index contributed by atoms with van der Waals surface area (Å²) in [5, 5.41) is 6.53. The van der Waals surface area contributed by atoms with Crippen molar-refractivity contribution in [2.45, 2.75) is 18.5 Å². The molecule has 3 amide bonds. The second kappa shape index (κ2) is 8.66. The van der Waals surface area contributed by atoms with E-state index in [2.05, 4.69) is 10.2 Å². The highest BCUT2D eigenvalue weighted by atomic mass is 16.5. The van der Waals surface area contributed by atoms with Crippen molar-refractivity contribution in [1.29, 1.82) is 0 Å². The van der Waals surface area contributed by atoms with Crippen LogP contribution in [-0.2, 0) is 20.7 Å². The number of methoxy groups -OCH3 is 1. The van der Waals surface area contributed by atoms with Gasteiger partial charge < -0.3 is 19.4 Å². The maximum Gasteiger partial charge on any atom is 0.272 e. The Bertz CT molecular complexity index is 901. The van der Waals surface area contributed by atoms with Crippen LogP contribution in [0.1, 0.15) is 16.1 Å². The lowest BCUT2D eigenvalue weighted by Crippen LogP contribution is -2.70. The molecule has 1 aromatic carbocycles. The van der Waals surface area contributed by atoms with Crippen LogP contribution in [0.2, 0.25) is 0 Å². The van der Waals surface area contributed by atoms with Gasteiger partial charge in [-0.3, -0.25) is 19.5 Å². The third kappa shape index (κ3) is 3.80. The Hall–Kier alpha value is -3.20. The molecule has 30 heavy (non-hydrogen) atoms. The fourth-order valence-corrected chi connectivity index (χ4v) is 4.13. The van der Waals surface area contributed by atoms with Gasteiger partial charge in [0.2, 0.25) is 11.8 Å². The maximum atomic E-state index is 13.4. The number of fused-ring (bicyclic) bond motifs is 1. The molecule has 9 heteroatoms. The van der Waals surface area contributed by atoms with Crippen LogP contribution in [0, 0.1) is 0 Å². The summed E-state index contributed by atoms with van der Waals surface area (Å²) in [6.45, 7) is 1.98. The van der Waals surface area contributed by atoms with E-state index in [9.17, 15) is 14.4 Å². The van der Waals surface area contributed by atoms with Crippen molar-refractivity contribution in [2.24, 2.45) is 0 Å². The van der Waals surface area contributed by atoms with E-state index < -0.39 is 12.1 Å². The van der Waals surface area contributed by atoms with Gasteiger partial charge in [0.05, 0.1) is 13.2 Å². The van der Waals surface area contributed by atoms with Gasteiger partial charge in [0.25, 0.3) is 5.91 Å². The van der Waals surface area contributed by atoms with Crippen LogP contribution in [0.4, 0.5) is 0 Å². The topological polar surface area (TPSA) is 98.8 Å². The first-order valence-electron chi connectivity index (χ1n) is 10.0. The largest absolute Gasteiger partial charge is 0.383 e. The Balaban J connectivity index is 1.62. The molecule has 2 aliphatic rings. The van der Waals surface area contributed by atoms with E-state index in [0.717, 1.165) is 5.56 Å². The van der Waals surface area contributed by atoms with Gasteiger partial charge in [0, 0.05) is 39.4 Å². The lowest BCUT2D eigenvalue weighted by molar-refractivity contribution is -0.160. The minimum absolute atomic E-state index is 0.146. The molecule has 9 nitrogen and oxygen atoms in total. The molecular weight excluding hydrogens is 386 g/mol. The average molecular weight is 411 g/mol. The van der Waals surface area contributed by atoms with E-state index in [1.807, 2.05) is 30.3 Å². The highest BCUT2D eigenvalue weighted by Crippen LogP contribution is 2.25. The molecular formula is C21H25N5O4. The van der Waals surface area contributed by atoms with Crippen molar-refractivity contribution >= 4 is 17.7 Å². The van der Waals surface area contributed by atoms with Gasteiger partial charge in [-0.25, -0.2) is 0 Å². The predicted molar refractivity (Wildman–Crippen MR) is 108 cm³/mol. The quantitative estimate of drug-likeness (QED) is 0.730. The second-order valence-corrected chi connectivity index (χ2v) is 7.50. The molecule has 158 valence electrons. The van der Waals surface area contributed by atoms with Crippen molar-refractivity contribution in [3.63, 3.8) is 0 Å². The van der Waals surface area contributed by atoms with E-state index in [4.69, 9.17) is 4.74 Å². The molecule has 4 rings (SSSR count). The standard InChI is InChI=1S/C21H25N5O4/c1-30-12-11-24-9-10-25-18(20(24)28)14-26(19(27)16-7-8-22-23-16)17(21(25)29)13-15-5-3-2-4-6-15/h2-8,17-18H,9-14H2,1H3,(H,22,23)/t17-,18-/m0/s1. The average Bonchev–Trinajstić information content (AvgIpc) is 3.30. The zero-order valence-electron chi connectivity index (χ0n) is 16.9. The first-order valence-corrected chi connectivity index (χ1v) is 10.0. The van der Waals surface area contributed by atoms with Crippen molar-refractivity contribution in [2.75, 3.05) is 39.9 Å². The van der Waals surface area contributed by atoms with Gasteiger partial charge >= 0.3 is 0 Å². The second-order valence-electron chi connectivity index (χ2n) is 7.50. The number of aromatic nitrogens is 2. The van der Waals surface area contributed by atoms with Crippen LogP contribution in [0.3, 0.4) is 0 Å². The first kappa shape index (κ1) is 20.1. The number of H-pyrrole nitrogens is 1. The molecule has 3 heterocycles. The van der Waals surface area contributed by atoms with Crippen LogP contribution in [-0.4, -0.2) is 94.6 Å². The van der Waals surface area contributed by atoms with Gasteiger partial charge in [0.1, 0.15) is 17.8 Å². The van der Waals surface area contributed by atoms with E-state index >= 15 is 0 Å². The van der Waals surface area contributed by atoms with E-state index in [1.54, 1.807) is 23.0 Å². The number of amides is 3. The van der Waals surface area contributed by atoms with Crippen LogP contribution in [0.5, 0.6) is 0 Å². The highest BCUT2D eigenvalue weighted by molar-refractivity contribution is 6.00. The predicted octanol–water partition coefficient (Wildman–Crippen LogP) is 0.163. The minimum atomic E-state index is -0.679. The molecule has 0 bridgehead atoms. The lowest BCUT2D eigenvalue weighted by Gasteiger charge is -2.49. The summed E-state index contributed by atoms with van der Waals surface area (Å²) in [6.07, 6.45) is 1.89. The van der Waals surface area contributed by atoms with E-state index in [-0.39, 0.29) is 24.3 Å². The summed E-state index contributed by atoms with van der Waals surface area (Å²) < 4.78 is 5.09. The van der Waals surface area contributed by atoms with Crippen LogP contribution < -0.4 is 0 Å². The Labute approximate surface area is 174 Å². The molecule has 1 aromatic heterocycles. The number of benzene rings is 1. The summed E-state index contributed by atoms with van der Waals surface area (Å²) in [4.78, 5) is 44.5. The summed E-state index contributed by atoms with van der Waals surface area (Å²) in [7, 11) is 1.59. The number of carbonyl (C=O) groups excluding carboxylic acids is 3. The fourth-order valence-electron chi connectivity index (χ4n) is 4.13. The van der Waals surface area contributed by atoms with Gasteiger partial charge in [-0.05, 0) is 11.6 Å². The van der Waals surface area contributed by atoms with Crippen LogP contribution >= 0.6 is 0 Å². The minimum Gasteiger partial charge on any atom is -0.383 e. The molecule has 0 spiro atoms. The number of nitrogens with one attached hydrogen (secondary N) is 1. The van der Waals surface area contributed by atoms with Crippen molar-refractivity contribution in [3.8, 4) is 0 Å². The summed E-state index contributed by atoms with van der Waals surface area (Å²) in [6, 6.07) is 9.83. The number of piperazine rings is 2. The number of ether oxygens (including phenoxy) is 1. The summed E-state index contributed by atoms with van der Waals surface area (Å²) in [5.41, 5.74) is 1.26. The van der Waals surface area contributed by atoms with E-state index in [0.29, 0.717) is 38.4 Å². The zero-order valence-corrected chi connectivity index (χ0v) is 16.9. The van der Waals surface area contributed by atoms with Gasteiger partial charge in [0.15, 0.2) is 0 Å². The summed E-state index contributed by atoms with van der Waals surface area (Å²) in [5.74, 6) is -0.668. The monoisotopic (exact) mass is 411 g/mol. The van der Waals surface area contributed by atoms with Gasteiger partial charge in [-0.1, -0.05) is 30.3 Å². The number of hydrogen-bond acceptors (Lipinski definition) is 5. The maximum absolute atomic E-state index is 13.4. The molecule has 0 aliphatic carbocycles. The van der Waals surface area contributed by atoms with Crippen LogP contribution in [0.15, 0.2) is 42.6 Å². The Kier molecular flexibility index (Phi) is 5.80. The fraction of sp³-hybridized carbons (Fsp3) is 0.429. The molecule has 0 unspecified atom stereocenters. The van der Waals surface area contributed by atoms with E-state index in [1.165, 1.54) is 11.1 Å². The smallest absolute Gasteiger partial charge is 0.272 e. The first-order chi connectivity index (χ1) is 14.6. The Morgan fingerprint density at radius 3 is 2.67 bits per heavy atom. The molecule has 0 saturated carbocycles. The van der Waals surface area contributed by atoms with Gasteiger partial charge in [-0.15, -0.1) is 0 Å². The molecule has 2 saturated heterocycles. The van der Waals surface area contributed by atoms with Gasteiger partial charge in [-0.2, -0.15) is 5.10 Å². The summed E-state index contributed by atoms with van der Waals surface area (Å²) >= 11 is 0.